The van der Waals surface area contributed by atoms with Crippen LogP contribution in [0.25, 0.3) is 6.08 Å². The first kappa shape index (κ1) is 20.0. The summed E-state index contributed by atoms with van der Waals surface area (Å²) in [4.78, 5) is 14.7. The monoisotopic (exact) mass is 366 g/mol. The van der Waals surface area contributed by atoms with Gasteiger partial charge in [-0.15, -0.1) is 0 Å². The van der Waals surface area contributed by atoms with E-state index in [4.69, 9.17) is 11.6 Å². The fourth-order valence-electron chi connectivity index (χ4n) is 3.25. The number of aryl methyl sites for hydroxylation is 1. The van der Waals surface area contributed by atoms with Crippen molar-refractivity contribution in [2.75, 3.05) is 19.6 Å². The number of hydrogen-bond donors (Lipinski definition) is 1. The maximum atomic E-state index is 12.2. The molecule has 0 atom stereocenters. The normalized spacial score (nSPS) is 16.9. The summed E-state index contributed by atoms with van der Waals surface area (Å²) in [5.74, 6) is 0.413. The van der Waals surface area contributed by atoms with Crippen LogP contribution in [0.15, 0.2) is 6.08 Å². The zero-order chi connectivity index (χ0) is 18.4. The van der Waals surface area contributed by atoms with E-state index in [1.165, 1.54) is 6.42 Å². The van der Waals surface area contributed by atoms with E-state index in [2.05, 4.69) is 36.1 Å². The fourth-order valence-corrected chi connectivity index (χ4v) is 3.56. The molecule has 1 aliphatic heterocycles. The summed E-state index contributed by atoms with van der Waals surface area (Å²) < 4.78 is 1.81. The number of aromatic nitrogens is 2. The van der Waals surface area contributed by atoms with Crippen LogP contribution in [-0.2, 0) is 11.3 Å². The first-order chi connectivity index (χ1) is 11.9. The quantitative estimate of drug-likeness (QED) is 0.751. The van der Waals surface area contributed by atoms with E-state index in [0.29, 0.717) is 11.1 Å². The Labute approximate surface area is 156 Å². The molecule has 2 rings (SSSR count). The molecule has 1 amide bonds. The molecule has 0 unspecified atom stereocenters. The predicted molar refractivity (Wildman–Crippen MR) is 104 cm³/mol. The molecule has 2 heterocycles. The van der Waals surface area contributed by atoms with Crippen LogP contribution in [0.4, 0.5) is 0 Å². The Morgan fingerprint density at radius 1 is 1.40 bits per heavy atom. The molecule has 25 heavy (non-hydrogen) atoms. The van der Waals surface area contributed by atoms with Gasteiger partial charge in [-0.2, -0.15) is 5.10 Å². The molecule has 1 aromatic heterocycles. The molecule has 1 fully saturated rings. The van der Waals surface area contributed by atoms with Gasteiger partial charge in [0.25, 0.3) is 0 Å². The van der Waals surface area contributed by atoms with Gasteiger partial charge in [0, 0.05) is 37.3 Å². The molecular weight excluding hydrogens is 336 g/mol. The van der Waals surface area contributed by atoms with Gasteiger partial charge in [-0.3, -0.25) is 9.48 Å². The van der Waals surface area contributed by atoms with Gasteiger partial charge in [-0.05, 0) is 44.7 Å². The lowest BCUT2D eigenvalue weighted by molar-refractivity contribution is -0.117. The summed E-state index contributed by atoms with van der Waals surface area (Å²) in [5, 5.41) is 8.17. The third-order valence-electron chi connectivity index (χ3n) is 4.52. The van der Waals surface area contributed by atoms with Crippen molar-refractivity contribution in [2.24, 2.45) is 5.92 Å². The minimum absolute atomic E-state index is 0.0546. The number of halogens is 1. The minimum atomic E-state index is -0.0546. The van der Waals surface area contributed by atoms with Gasteiger partial charge in [0.05, 0.1) is 5.69 Å². The van der Waals surface area contributed by atoms with Crippen molar-refractivity contribution in [3.63, 3.8) is 0 Å². The molecular formula is C19H31ClN4O. The van der Waals surface area contributed by atoms with Gasteiger partial charge in [-0.25, -0.2) is 0 Å². The Bertz CT molecular complexity index is 601. The molecule has 1 saturated heterocycles. The van der Waals surface area contributed by atoms with E-state index in [1.807, 2.05) is 11.6 Å². The number of carbonyl (C=O) groups is 1. The molecule has 0 bridgehead atoms. The highest BCUT2D eigenvalue weighted by molar-refractivity contribution is 6.31. The first-order valence-corrected chi connectivity index (χ1v) is 9.72. The van der Waals surface area contributed by atoms with Crippen molar-refractivity contribution in [3.8, 4) is 0 Å². The number of carbonyl (C=O) groups excluding carboxylic acids is 1. The lowest BCUT2D eigenvalue weighted by Crippen LogP contribution is -2.44. The molecule has 0 aliphatic carbocycles. The Hall–Kier alpha value is -1.33. The van der Waals surface area contributed by atoms with E-state index in [0.717, 1.165) is 50.3 Å². The molecule has 1 N–H and O–H groups in total. The number of rotatable bonds is 7. The highest BCUT2D eigenvalue weighted by Gasteiger charge is 2.19. The number of likely N-dealkylation sites (tertiary alicyclic amines) is 1. The second-order valence-electron chi connectivity index (χ2n) is 7.32. The van der Waals surface area contributed by atoms with Crippen LogP contribution in [0.1, 0.15) is 51.3 Å². The SMILES string of the molecule is CCCN1CCC(NC(=O)/C=C/c2c(C)nn(CC(C)C)c2Cl)CC1. The lowest BCUT2D eigenvalue weighted by Gasteiger charge is -2.31. The molecule has 140 valence electrons. The zero-order valence-corrected chi connectivity index (χ0v) is 16.6. The Balaban J connectivity index is 1.89. The molecule has 0 spiro atoms. The van der Waals surface area contributed by atoms with Crippen LogP contribution in [0, 0.1) is 12.8 Å². The predicted octanol–water partition coefficient (Wildman–Crippen LogP) is 3.50. The van der Waals surface area contributed by atoms with Gasteiger partial charge in [0.1, 0.15) is 5.15 Å². The smallest absolute Gasteiger partial charge is 0.244 e. The van der Waals surface area contributed by atoms with Crippen molar-refractivity contribution in [1.29, 1.82) is 0 Å². The Morgan fingerprint density at radius 3 is 2.68 bits per heavy atom. The molecule has 1 aliphatic rings. The van der Waals surface area contributed by atoms with Crippen molar-refractivity contribution >= 4 is 23.6 Å². The van der Waals surface area contributed by atoms with Crippen LogP contribution in [0.2, 0.25) is 5.15 Å². The number of piperidine rings is 1. The molecule has 5 nitrogen and oxygen atoms in total. The maximum Gasteiger partial charge on any atom is 0.244 e. The second kappa shape index (κ2) is 9.39. The second-order valence-corrected chi connectivity index (χ2v) is 7.68. The largest absolute Gasteiger partial charge is 0.350 e. The van der Waals surface area contributed by atoms with E-state index < -0.39 is 0 Å². The van der Waals surface area contributed by atoms with E-state index in [9.17, 15) is 4.79 Å². The summed E-state index contributed by atoms with van der Waals surface area (Å²) >= 11 is 6.41. The van der Waals surface area contributed by atoms with Gasteiger partial charge in [-0.1, -0.05) is 32.4 Å². The highest BCUT2D eigenvalue weighted by Crippen LogP contribution is 2.22. The number of nitrogens with zero attached hydrogens (tertiary/aromatic N) is 3. The van der Waals surface area contributed by atoms with Crippen LogP contribution in [0.3, 0.4) is 0 Å². The summed E-state index contributed by atoms with van der Waals surface area (Å²) in [7, 11) is 0. The molecule has 0 saturated carbocycles. The summed E-state index contributed by atoms with van der Waals surface area (Å²) in [6, 6.07) is 0.269. The van der Waals surface area contributed by atoms with Crippen molar-refractivity contribution < 1.29 is 4.79 Å². The third-order valence-corrected chi connectivity index (χ3v) is 4.92. The summed E-state index contributed by atoms with van der Waals surface area (Å²) in [6.45, 7) is 12.4. The third kappa shape index (κ3) is 5.86. The zero-order valence-electron chi connectivity index (χ0n) is 15.9. The van der Waals surface area contributed by atoms with Gasteiger partial charge in [0.2, 0.25) is 5.91 Å². The number of nitrogens with one attached hydrogen (secondary N) is 1. The molecule has 1 aromatic rings. The topological polar surface area (TPSA) is 50.2 Å². The van der Waals surface area contributed by atoms with Crippen LogP contribution >= 0.6 is 11.6 Å². The van der Waals surface area contributed by atoms with Crippen LogP contribution in [0.5, 0.6) is 0 Å². The fraction of sp³-hybridized carbons (Fsp3) is 0.684. The average Bonchev–Trinajstić information content (AvgIpc) is 2.81. The number of amides is 1. The van der Waals surface area contributed by atoms with Crippen LogP contribution < -0.4 is 5.32 Å². The van der Waals surface area contributed by atoms with Gasteiger partial charge in [0.15, 0.2) is 0 Å². The van der Waals surface area contributed by atoms with Gasteiger partial charge < -0.3 is 10.2 Å². The average molecular weight is 367 g/mol. The number of hydrogen-bond acceptors (Lipinski definition) is 3. The van der Waals surface area contributed by atoms with Crippen LogP contribution in [-0.4, -0.2) is 46.3 Å². The van der Waals surface area contributed by atoms with Crippen molar-refractivity contribution in [1.82, 2.24) is 20.0 Å². The molecule has 0 aromatic carbocycles. The Morgan fingerprint density at radius 2 is 2.08 bits per heavy atom. The van der Waals surface area contributed by atoms with E-state index >= 15 is 0 Å². The Kier molecular flexibility index (Phi) is 7.51. The van der Waals surface area contributed by atoms with E-state index in [1.54, 1.807) is 12.2 Å². The first-order valence-electron chi connectivity index (χ1n) is 9.34. The molecule has 0 radical (unpaired) electrons. The summed E-state index contributed by atoms with van der Waals surface area (Å²) in [6.07, 6.45) is 6.58. The van der Waals surface area contributed by atoms with E-state index in [-0.39, 0.29) is 11.9 Å². The highest BCUT2D eigenvalue weighted by atomic mass is 35.5. The minimum Gasteiger partial charge on any atom is -0.350 e. The molecule has 6 heteroatoms. The standard InChI is InChI=1S/C19H31ClN4O/c1-5-10-23-11-8-16(9-12-23)21-18(25)7-6-17-15(4)22-24(19(17)20)13-14(2)3/h6-7,14,16H,5,8-13H2,1-4H3,(H,21,25)/b7-6+. The van der Waals surface area contributed by atoms with Gasteiger partial charge >= 0.3 is 0 Å². The lowest BCUT2D eigenvalue weighted by atomic mass is 10.0. The van der Waals surface area contributed by atoms with Crippen molar-refractivity contribution in [3.05, 3.63) is 22.5 Å². The maximum absolute atomic E-state index is 12.2. The van der Waals surface area contributed by atoms with Crippen molar-refractivity contribution in [2.45, 2.75) is 59.5 Å². The summed E-state index contributed by atoms with van der Waals surface area (Å²) in [5.41, 5.74) is 1.68.